The number of sulfone groups is 1. The number of aryl methyl sites for hydroxylation is 1. The van der Waals surface area contributed by atoms with Gasteiger partial charge in [-0.25, -0.2) is 8.42 Å². The second-order valence-electron chi connectivity index (χ2n) is 6.86. The number of hydrogen-bond acceptors (Lipinski definition) is 5. The summed E-state index contributed by atoms with van der Waals surface area (Å²) in [5, 5.41) is 7.96. The predicted octanol–water partition coefficient (Wildman–Crippen LogP) is 0.441. The fraction of sp³-hybridized carbons (Fsp3) is 0.786. The van der Waals surface area contributed by atoms with Gasteiger partial charge in [0, 0.05) is 19.6 Å². The van der Waals surface area contributed by atoms with Gasteiger partial charge in [-0.3, -0.25) is 9.48 Å². The Bertz CT molecular complexity index is 647. The average molecular weight is 326 g/mol. The number of hydrogen-bond donors (Lipinski definition) is 0. The fourth-order valence-corrected chi connectivity index (χ4v) is 5.46. The number of nitrogens with zero attached hydrogens (tertiary/aromatic N) is 4. The molecule has 2 aliphatic heterocycles. The maximum Gasteiger partial charge on any atom is 0.276 e. The normalized spacial score (nSPS) is 26.6. The Morgan fingerprint density at radius 3 is 2.55 bits per heavy atom. The molecule has 1 aromatic heterocycles. The summed E-state index contributed by atoms with van der Waals surface area (Å²) in [5.41, 5.74) is 0.353. The first kappa shape index (κ1) is 15.5. The highest BCUT2D eigenvalue weighted by atomic mass is 32.2. The van der Waals surface area contributed by atoms with Crippen LogP contribution in [0.2, 0.25) is 0 Å². The zero-order chi connectivity index (χ0) is 15.9. The highest BCUT2D eigenvalue weighted by Crippen LogP contribution is 2.33. The van der Waals surface area contributed by atoms with E-state index in [1.54, 1.807) is 15.8 Å². The quantitative estimate of drug-likeness (QED) is 0.801. The minimum atomic E-state index is -2.90. The van der Waals surface area contributed by atoms with Crippen LogP contribution in [0.3, 0.4) is 0 Å². The van der Waals surface area contributed by atoms with Gasteiger partial charge in [0.1, 0.15) is 0 Å². The van der Waals surface area contributed by atoms with Gasteiger partial charge in [-0.05, 0) is 24.2 Å². The third-order valence-electron chi connectivity index (χ3n) is 4.49. The molecule has 2 fully saturated rings. The zero-order valence-corrected chi connectivity index (χ0v) is 13.8. The molecule has 0 saturated carbocycles. The van der Waals surface area contributed by atoms with Crippen LogP contribution in [-0.4, -0.2) is 58.8 Å². The Hall–Kier alpha value is -1.44. The summed E-state index contributed by atoms with van der Waals surface area (Å²) in [4.78, 5) is 14.2. The van der Waals surface area contributed by atoms with Crippen molar-refractivity contribution >= 4 is 15.7 Å². The molecule has 8 heteroatoms. The Kier molecular flexibility index (Phi) is 3.96. The Morgan fingerprint density at radius 1 is 1.32 bits per heavy atom. The van der Waals surface area contributed by atoms with Crippen molar-refractivity contribution < 1.29 is 13.2 Å². The maximum absolute atomic E-state index is 12.5. The average Bonchev–Trinajstić information content (AvgIpc) is 3.07. The van der Waals surface area contributed by atoms with Crippen LogP contribution >= 0.6 is 0 Å². The van der Waals surface area contributed by atoms with Crippen LogP contribution in [-0.2, 0) is 16.4 Å². The van der Waals surface area contributed by atoms with E-state index in [4.69, 9.17) is 0 Å². The summed E-state index contributed by atoms with van der Waals surface area (Å²) in [7, 11) is -2.90. The number of likely N-dealkylation sites (tertiary alicyclic amines) is 1. The monoisotopic (exact) mass is 326 g/mol. The standard InChI is InChI=1S/C14H22N4O3S/c1-10(2)3-4-18-7-13(15-16-18)14(19)17-5-11-8-22(20,21)9-12(11)6-17/h7,10-12H,3-6,8-9H2,1-2H3/t11-,12+. The molecule has 1 aromatic rings. The largest absolute Gasteiger partial charge is 0.337 e. The molecule has 122 valence electrons. The molecule has 0 radical (unpaired) electrons. The van der Waals surface area contributed by atoms with E-state index in [1.165, 1.54) is 0 Å². The van der Waals surface area contributed by atoms with Crippen LogP contribution in [0, 0.1) is 17.8 Å². The number of amides is 1. The van der Waals surface area contributed by atoms with Crippen LogP contribution in [0.5, 0.6) is 0 Å². The SMILES string of the molecule is CC(C)CCn1cc(C(=O)N2C[C@@H]3CS(=O)(=O)C[C@@H]3C2)nn1. The van der Waals surface area contributed by atoms with E-state index in [-0.39, 0.29) is 29.2 Å². The molecule has 7 nitrogen and oxygen atoms in total. The van der Waals surface area contributed by atoms with Crippen molar-refractivity contribution in [3.8, 4) is 0 Å². The first-order valence-electron chi connectivity index (χ1n) is 7.74. The Balaban J connectivity index is 1.61. The van der Waals surface area contributed by atoms with E-state index in [2.05, 4.69) is 24.2 Å². The molecular formula is C14H22N4O3S. The van der Waals surface area contributed by atoms with Gasteiger partial charge in [0.05, 0.1) is 17.7 Å². The lowest BCUT2D eigenvalue weighted by Crippen LogP contribution is -2.31. The minimum absolute atomic E-state index is 0.0879. The summed E-state index contributed by atoms with van der Waals surface area (Å²) in [6.45, 7) is 6.06. The molecule has 0 spiro atoms. The van der Waals surface area contributed by atoms with E-state index in [1.807, 2.05) is 0 Å². The molecule has 2 aliphatic rings. The van der Waals surface area contributed by atoms with Crippen molar-refractivity contribution in [3.63, 3.8) is 0 Å². The van der Waals surface area contributed by atoms with E-state index in [0.29, 0.717) is 24.7 Å². The van der Waals surface area contributed by atoms with E-state index in [0.717, 1.165) is 13.0 Å². The summed E-state index contributed by atoms with van der Waals surface area (Å²) in [6.07, 6.45) is 2.68. The number of rotatable bonds is 4. The molecule has 0 unspecified atom stereocenters. The molecule has 2 saturated heterocycles. The first-order chi connectivity index (χ1) is 10.3. The van der Waals surface area contributed by atoms with Gasteiger partial charge in [-0.1, -0.05) is 19.1 Å². The third kappa shape index (κ3) is 3.16. The lowest BCUT2D eigenvalue weighted by atomic mass is 10.0. The summed E-state index contributed by atoms with van der Waals surface area (Å²) in [5.74, 6) is 1.03. The number of fused-ring (bicyclic) bond motifs is 1. The highest BCUT2D eigenvalue weighted by molar-refractivity contribution is 7.91. The van der Waals surface area contributed by atoms with Crippen molar-refractivity contribution in [1.82, 2.24) is 19.9 Å². The van der Waals surface area contributed by atoms with Crippen LogP contribution in [0.25, 0.3) is 0 Å². The smallest absolute Gasteiger partial charge is 0.276 e. The second kappa shape index (κ2) is 5.64. The van der Waals surface area contributed by atoms with Gasteiger partial charge in [0.2, 0.25) is 0 Å². The molecule has 3 heterocycles. The molecule has 3 rings (SSSR count). The molecule has 1 amide bonds. The molecule has 0 N–H and O–H groups in total. The van der Waals surface area contributed by atoms with E-state index in [9.17, 15) is 13.2 Å². The number of aromatic nitrogens is 3. The third-order valence-corrected chi connectivity index (χ3v) is 6.37. The molecule has 0 bridgehead atoms. The lowest BCUT2D eigenvalue weighted by Gasteiger charge is -2.15. The van der Waals surface area contributed by atoms with Crippen molar-refractivity contribution in [1.29, 1.82) is 0 Å². The molecule has 2 atom stereocenters. The summed E-state index contributed by atoms with van der Waals surface area (Å²) >= 11 is 0. The Labute approximate surface area is 130 Å². The molecule has 22 heavy (non-hydrogen) atoms. The molecule has 0 aliphatic carbocycles. The topological polar surface area (TPSA) is 85.2 Å². The van der Waals surface area contributed by atoms with Crippen LogP contribution in [0.4, 0.5) is 0 Å². The number of carbonyl (C=O) groups is 1. The maximum atomic E-state index is 12.5. The Morgan fingerprint density at radius 2 is 1.95 bits per heavy atom. The van der Waals surface area contributed by atoms with E-state index < -0.39 is 9.84 Å². The molecular weight excluding hydrogens is 304 g/mol. The zero-order valence-electron chi connectivity index (χ0n) is 13.0. The van der Waals surface area contributed by atoms with Crippen molar-refractivity contribution in [2.24, 2.45) is 17.8 Å². The van der Waals surface area contributed by atoms with Gasteiger partial charge >= 0.3 is 0 Å². The fourth-order valence-electron chi connectivity index (χ4n) is 3.26. The van der Waals surface area contributed by atoms with Gasteiger partial charge in [-0.15, -0.1) is 5.10 Å². The second-order valence-corrected chi connectivity index (χ2v) is 9.01. The van der Waals surface area contributed by atoms with E-state index >= 15 is 0 Å². The summed E-state index contributed by atoms with van der Waals surface area (Å²) < 4.78 is 24.9. The van der Waals surface area contributed by atoms with Crippen molar-refractivity contribution in [2.75, 3.05) is 24.6 Å². The first-order valence-corrected chi connectivity index (χ1v) is 9.56. The predicted molar refractivity (Wildman–Crippen MR) is 81.0 cm³/mol. The van der Waals surface area contributed by atoms with Gasteiger partial charge in [0.25, 0.3) is 5.91 Å². The van der Waals surface area contributed by atoms with Crippen molar-refractivity contribution in [2.45, 2.75) is 26.8 Å². The van der Waals surface area contributed by atoms with Gasteiger partial charge in [-0.2, -0.15) is 0 Å². The van der Waals surface area contributed by atoms with Crippen LogP contribution in [0.1, 0.15) is 30.8 Å². The highest BCUT2D eigenvalue weighted by Gasteiger charge is 2.45. The van der Waals surface area contributed by atoms with Crippen LogP contribution in [0.15, 0.2) is 6.20 Å². The minimum Gasteiger partial charge on any atom is -0.337 e. The lowest BCUT2D eigenvalue weighted by molar-refractivity contribution is 0.0778. The summed E-state index contributed by atoms with van der Waals surface area (Å²) in [6, 6.07) is 0. The van der Waals surface area contributed by atoms with Gasteiger partial charge in [0.15, 0.2) is 15.5 Å². The van der Waals surface area contributed by atoms with Crippen molar-refractivity contribution in [3.05, 3.63) is 11.9 Å². The molecule has 0 aromatic carbocycles. The number of carbonyl (C=O) groups excluding carboxylic acids is 1. The van der Waals surface area contributed by atoms with Gasteiger partial charge < -0.3 is 4.90 Å². The van der Waals surface area contributed by atoms with Crippen LogP contribution < -0.4 is 0 Å².